The van der Waals surface area contributed by atoms with E-state index in [2.05, 4.69) is 10.6 Å². The number of rotatable bonds is 4. The standard InChI is InChI=1S/C12H24N2OS/c1-12(2,3)14-11(15)9-13-8-10-6-4-5-7-16-10/h10,13H,4-9H2,1-3H3,(H,14,15). The fraction of sp³-hybridized carbons (Fsp3) is 0.917. The number of thioether (sulfide) groups is 1. The average Bonchev–Trinajstić information content (AvgIpc) is 2.16. The summed E-state index contributed by atoms with van der Waals surface area (Å²) in [4.78, 5) is 11.5. The second kappa shape index (κ2) is 6.50. The van der Waals surface area contributed by atoms with Crippen LogP contribution in [0.5, 0.6) is 0 Å². The summed E-state index contributed by atoms with van der Waals surface area (Å²) in [6.45, 7) is 7.40. The lowest BCUT2D eigenvalue weighted by Gasteiger charge is -2.23. The molecule has 0 aliphatic carbocycles. The number of carbonyl (C=O) groups is 1. The van der Waals surface area contributed by atoms with E-state index in [1.54, 1.807) is 0 Å². The van der Waals surface area contributed by atoms with Gasteiger partial charge in [-0.15, -0.1) is 0 Å². The molecular formula is C12H24N2OS. The van der Waals surface area contributed by atoms with Crippen molar-refractivity contribution in [2.45, 2.75) is 50.8 Å². The molecule has 1 heterocycles. The van der Waals surface area contributed by atoms with Gasteiger partial charge in [-0.05, 0) is 39.4 Å². The van der Waals surface area contributed by atoms with E-state index in [1.807, 2.05) is 32.5 Å². The minimum absolute atomic E-state index is 0.0910. The lowest BCUT2D eigenvalue weighted by Crippen LogP contribution is -2.45. The molecule has 94 valence electrons. The van der Waals surface area contributed by atoms with Crippen LogP contribution >= 0.6 is 11.8 Å². The van der Waals surface area contributed by atoms with E-state index >= 15 is 0 Å². The molecule has 0 aromatic carbocycles. The van der Waals surface area contributed by atoms with Crippen LogP contribution in [0.4, 0.5) is 0 Å². The van der Waals surface area contributed by atoms with Crippen molar-refractivity contribution in [2.75, 3.05) is 18.8 Å². The van der Waals surface area contributed by atoms with Crippen molar-refractivity contribution >= 4 is 17.7 Å². The molecule has 2 N–H and O–H groups in total. The lowest BCUT2D eigenvalue weighted by molar-refractivity contribution is -0.121. The molecule has 1 atom stereocenters. The first-order valence-corrected chi connectivity index (χ1v) is 7.15. The number of amides is 1. The quantitative estimate of drug-likeness (QED) is 0.792. The van der Waals surface area contributed by atoms with Crippen LogP contribution in [0, 0.1) is 0 Å². The van der Waals surface area contributed by atoms with Gasteiger partial charge in [0.25, 0.3) is 0 Å². The van der Waals surface area contributed by atoms with Gasteiger partial charge in [-0.25, -0.2) is 0 Å². The predicted octanol–water partition coefficient (Wildman–Crippen LogP) is 1.78. The third-order valence-corrected chi connectivity index (χ3v) is 3.84. The second-order valence-corrected chi connectivity index (χ2v) is 6.83. The maximum absolute atomic E-state index is 11.5. The molecule has 1 fully saturated rings. The monoisotopic (exact) mass is 244 g/mol. The minimum atomic E-state index is -0.127. The van der Waals surface area contributed by atoms with E-state index < -0.39 is 0 Å². The Morgan fingerprint density at radius 3 is 2.69 bits per heavy atom. The maximum Gasteiger partial charge on any atom is 0.234 e. The van der Waals surface area contributed by atoms with E-state index in [9.17, 15) is 4.79 Å². The fourth-order valence-corrected chi connectivity index (χ4v) is 3.05. The van der Waals surface area contributed by atoms with Crippen molar-refractivity contribution in [3.8, 4) is 0 Å². The van der Waals surface area contributed by atoms with Crippen LogP contribution in [0.2, 0.25) is 0 Å². The summed E-state index contributed by atoms with van der Waals surface area (Å²) in [5, 5.41) is 6.90. The van der Waals surface area contributed by atoms with Crippen LogP contribution in [0.1, 0.15) is 40.0 Å². The zero-order valence-electron chi connectivity index (χ0n) is 10.6. The Balaban J connectivity index is 2.08. The zero-order chi connectivity index (χ0) is 12.0. The number of carbonyl (C=O) groups excluding carboxylic acids is 1. The van der Waals surface area contributed by atoms with Crippen LogP contribution in [-0.4, -0.2) is 35.5 Å². The third kappa shape index (κ3) is 6.38. The van der Waals surface area contributed by atoms with E-state index in [4.69, 9.17) is 0 Å². The van der Waals surface area contributed by atoms with Crippen LogP contribution in [-0.2, 0) is 4.79 Å². The van der Waals surface area contributed by atoms with Crippen LogP contribution in [0.3, 0.4) is 0 Å². The molecule has 0 aromatic heterocycles. The van der Waals surface area contributed by atoms with Gasteiger partial charge in [0.1, 0.15) is 0 Å². The van der Waals surface area contributed by atoms with Crippen molar-refractivity contribution in [1.29, 1.82) is 0 Å². The zero-order valence-corrected chi connectivity index (χ0v) is 11.5. The van der Waals surface area contributed by atoms with Gasteiger partial charge in [-0.3, -0.25) is 4.79 Å². The predicted molar refractivity (Wildman–Crippen MR) is 70.9 cm³/mol. The molecule has 0 aromatic rings. The molecule has 3 nitrogen and oxygen atoms in total. The van der Waals surface area contributed by atoms with Gasteiger partial charge in [0.05, 0.1) is 6.54 Å². The fourth-order valence-electron chi connectivity index (χ4n) is 1.78. The average molecular weight is 244 g/mol. The van der Waals surface area contributed by atoms with Crippen molar-refractivity contribution in [3.05, 3.63) is 0 Å². The highest BCUT2D eigenvalue weighted by Gasteiger charge is 2.15. The SMILES string of the molecule is CC(C)(C)NC(=O)CNCC1CCCCS1. The van der Waals surface area contributed by atoms with Crippen molar-refractivity contribution in [2.24, 2.45) is 0 Å². The third-order valence-electron chi connectivity index (χ3n) is 2.45. The molecule has 1 aliphatic rings. The first kappa shape index (κ1) is 13.8. The minimum Gasteiger partial charge on any atom is -0.350 e. The molecule has 0 spiro atoms. The van der Waals surface area contributed by atoms with Crippen molar-refractivity contribution in [1.82, 2.24) is 10.6 Å². The van der Waals surface area contributed by atoms with Gasteiger partial charge in [-0.2, -0.15) is 11.8 Å². The Kier molecular flexibility index (Phi) is 5.62. The maximum atomic E-state index is 11.5. The smallest absolute Gasteiger partial charge is 0.234 e. The van der Waals surface area contributed by atoms with Gasteiger partial charge in [-0.1, -0.05) is 6.42 Å². The van der Waals surface area contributed by atoms with E-state index in [0.717, 1.165) is 6.54 Å². The van der Waals surface area contributed by atoms with Crippen LogP contribution in [0.25, 0.3) is 0 Å². The van der Waals surface area contributed by atoms with Gasteiger partial charge in [0.15, 0.2) is 0 Å². The van der Waals surface area contributed by atoms with E-state index in [1.165, 1.54) is 25.0 Å². The summed E-state index contributed by atoms with van der Waals surface area (Å²) in [5.41, 5.74) is -0.127. The van der Waals surface area contributed by atoms with E-state index in [0.29, 0.717) is 11.8 Å². The summed E-state index contributed by atoms with van der Waals surface area (Å²) >= 11 is 2.03. The topological polar surface area (TPSA) is 41.1 Å². The van der Waals surface area contributed by atoms with Gasteiger partial charge in [0.2, 0.25) is 5.91 Å². The molecule has 1 rings (SSSR count). The Bertz CT molecular complexity index is 220. The molecule has 1 aliphatic heterocycles. The molecule has 16 heavy (non-hydrogen) atoms. The summed E-state index contributed by atoms with van der Waals surface area (Å²) in [6, 6.07) is 0. The highest BCUT2D eigenvalue weighted by molar-refractivity contribution is 7.99. The largest absolute Gasteiger partial charge is 0.350 e. The number of hydrogen-bond donors (Lipinski definition) is 2. The summed E-state index contributed by atoms with van der Waals surface area (Å²) < 4.78 is 0. The Morgan fingerprint density at radius 1 is 1.38 bits per heavy atom. The van der Waals surface area contributed by atoms with Gasteiger partial charge < -0.3 is 10.6 Å². The number of hydrogen-bond acceptors (Lipinski definition) is 3. The molecular weight excluding hydrogens is 220 g/mol. The van der Waals surface area contributed by atoms with Crippen LogP contribution in [0.15, 0.2) is 0 Å². The summed E-state index contributed by atoms with van der Waals surface area (Å²) in [7, 11) is 0. The van der Waals surface area contributed by atoms with Crippen molar-refractivity contribution < 1.29 is 4.79 Å². The van der Waals surface area contributed by atoms with Crippen molar-refractivity contribution in [3.63, 3.8) is 0 Å². The Hall–Kier alpha value is -0.220. The van der Waals surface area contributed by atoms with Gasteiger partial charge >= 0.3 is 0 Å². The molecule has 4 heteroatoms. The Labute approximate surface area is 103 Å². The number of nitrogens with one attached hydrogen (secondary N) is 2. The molecule has 1 saturated heterocycles. The first-order chi connectivity index (χ1) is 7.47. The first-order valence-electron chi connectivity index (χ1n) is 6.11. The molecule has 0 radical (unpaired) electrons. The molecule has 0 saturated carbocycles. The molecule has 1 amide bonds. The molecule has 1 unspecified atom stereocenters. The Morgan fingerprint density at radius 2 is 2.12 bits per heavy atom. The summed E-state index contributed by atoms with van der Waals surface area (Å²) in [6.07, 6.45) is 3.98. The molecule has 0 bridgehead atoms. The van der Waals surface area contributed by atoms with E-state index in [-0.39, 0.29) is 11.4 Å². The van der Waals surface area contributed by atoms with Crippen LogP contribution < -0.4 is 10.6 Å². The summed E-state index contributed by atoms with van der Waals surface area (Å²) in [5.74, 6) is 1.37. The highest BCUT2D eigenvalue weighted by Crippen LogP contribution is 2.24. The normalized spacial score (nSPS) is 21.8. The van der Waals surface area contributed by atoms with Gasteiger partial charge in [0, 0.05) is 17.3 Å². The lowest BCUT2D eigenvalue weighted by atomic mass is 10.1. The highest BCUT2D eigenvalue weighted by atomic mass is 32.2. The second-order valence-electron chi connectivity index (χ2n) is 5.42.